The van der Waals surface area contributed by atoms with Crippen molar-refractivity contribution in [3.63, 3.8) is 0 Å². The molecular weight excluding hydrogens is 424 g/mol. The molecule has 0 saturated carbocycles. The molecular formula is C28H30N4O2. The monoisotopic (exact) mass is 454 g/mol. The van der Waals surface area contributed by atoms with Crippen molar-refractivity contribution in [2.45, 2.75) is 58.7 Å². The van der Waals surface area contributed by atoms with Gasteiger partial charge in [-0.25, -0.2) is 4.98 Å². The van der Waals surface area contributed by atoms with E-state index in [4.69, 9.17) is 15.0 Å². The van der Waals surface area contributed by atoms with E-state index in [1.165, 1.54) is 5.56 Å². The third kappa shape index (κ3) is 4.24. The van der Waals surface area contributed by atoms with Gasteiger partial charge in [0.2, 0.25) is 0 Å². The highest BCUT2D eigenvalue weighted by Gasteiger charge is 2.27. The van der Waals surface area contributed by atoms with E-state index < -0.39 is 0 Å². The minimum absolute atomic E-state index is 0.0882. The van der Waals surface area contributed by atoms with Gasteiger partial charge in [0.25, 0.3) is 5.91 Å². The molecule has 2 aliphatic rings. The van der Waals surface area contributed by atoms with Crippen LogP contribution in [0.2, 0.25) is 0 Å². The third-order valence-corrected chi connectivity index (χ3v) is 7.21. The molecule has 1 fully saturated rings. The Balaban J connectivity index is 1.34. The average Bonchev–Trinajstić information content (AvgIpc) is 3.27. The van der Waals surface area contributed by atoms with E-state index in [2.05, 4.69) is 31.0 Å². The second kappa shape index (κ2) is 9.08. The number of benzene rings is 2. The van der Waals surface area contributed by atoms with Crippen molar-refractivity contribution in [1.29, 1.82) is 5.26 Å². The maximum atomic E-state index is 13.5. The standard InChI is InChI=1S/C28H30N4O2/c1-17-12-18(2)24(14-23(17)27-30-25-13-19(3)34-16-26(25)31-27)28(33)32-10-8-22(9-11-32)21-6-4-20(15-29)5-7-21/h4-7,12,14,19,22H,8-11,13,16H2,1-3H3,(H,30,31). The lowest BCUT2D eigenvalue weighted by atomic mass is 9.88. The van der Waals surface area contributed by atoms with Gasteiger partial charge in [0.1, 0.15) is 5.82 Å². The number of amides is 1. The van der Waals surface area contributed by atoms with Crippen molar-refractivity contribution in [3.05, 3.63) is 75.6 Å². The van der Waals surface area contributed by atoms with Gasteiger partial charge in [0.15, 0.2) is 0 Å². The third-order valence-electron chi connectivity index (χ3n) is 7.21. The van der Waals surface area contributed by atoms with E-state index in [1.54, 1.807) is 0 Å². The van der Waals surface area contributed by atoms with Gasteiger partial charge in [-0.05, 0) is 74.4 Å². The first kappa shape index (κ1) is 22.4. The molecule has 2 aliphatic heterocycles. The summed E-state index contributed by atoms with van der Waals surface area (Å²) in [5.41, 5.74) is 7.85. The van der Waals surface area contributed by atoms with Crippen LogP contribution >= 0.6 is 0 Å². The number of aryl methyl sites for hydroxylation is 2. The van der Waals surface area contributed by atoms with Gasteiger partial charge in [0.05, 0.1) is 35.7 Å². The topological polar surface area (TPSA) is 82.0 Å². The molecule has 1 saturated heterocycles. The van der Waals surface area contributed by atoms with Crippen LogP contribution in [0.25, 0.3) is 11.4 Å². The van der Waals surface area contributed by atoms with Crippen molar-refractivity contribution >= 4 is 5.91 Å². The van der Waals surface area contributed by atoms with Crippen LogP contribution < -0.4 is 0 Å². The number of imidazole rings is 1. The van der Waals surface area contributed by atoms with E-state index in [-0.39, 0.29) is 12.0 Å². The Hall–Kier alpha value is -3.43. The molecule has 1 unspecified atom stereocenters. The van der Waals surface area contributed by atoms with Crippen molar-refractivity contribution in [3.8, 4) is 17.5 Å². The molecule has 6 nitrogen and oxygen atoms in total. The van der Waals surface area contributed by atoms with Crippen LogP contribution in [0.3, 0.4) is 0 Å². The van der Waals surface area contributed by atoms with E-state index in [1.807, 2.05) is 42.2 Å². The summed E-state index contributed by atoms with van der Waals surface area (Å²) >= 11 is 0. The Morgan fingerprint density at radius 2 is 1.88 bits per heavy atom. The summed E-state index contributed by atoms with van der Waals surface area (Å²) in [4.78, 5) is 23.8. The largest absolute Gasteiger partial charge is 0.372 e. The SMILES string of the molecule is Cc1cc(C)c(-c2nc3c([nH]2)COC(C)C3)cc1C(=O)N1CCC(c2ccc(C#N)cc2)CC1. The normalized spacial score (nSPS) is 18.4. The molecule has 1 N–H and O–H groups in total. The average molecular weight is 455 g/mol. The molecule has 1 atom stereocenters. The molecule has 174 valence electrons. The predicted molar refractivity (Wildman–Crippen MR) is 130 cm³/mol. The Kier molecular flexibility index (Phi) is 5.97. The lowest BCUT2D eigenvalue weighted by molar-refractivity contribution is 0.0383. The number of hydrogen-bond donors (Lipinski definition) is 1. The van der Waals surface area contributed by atoms with E-state index in [9.17, 15) is 4.79 Å². The fourth-order valence-corrected chi connectivity index (χ4v) is 5.17. The first-order chi connectivity index (χ1) is 16.4. The van der Waals surface area contributed by atoms with Gasteiger partial charge < -0.3 is 14.6 Å². The molecule has 3 heterocycles. The highest BCUT2D eigenvalue weighted by Crippen LogP contribution is 2.31. The fourth-order valence-electron chi connectivity index (χ4n) is 5.17. The van der Waals surface area contributed by atoms with Crippen LogP contribution in [-0.2, 0) is 17.8 Å². The predicted octanol–water partition coefficient (Wildman–Crippen LogP) is 5.05. The lowest BCUT2D eigenvalue weighted by Gasteiger charge is -2.32. The molecule has 0 radical (unpaired) electrons. The number of aromatic nitrogens is 2. The molecule has 6 heteroatoms. The van der Waals surface area contributed by atoms with Crippen LogP contribution in [0.15, 0.2) is 36.4 Å². The summed E-state index contributed by atoms with van der Waals surface area (Å²) in [6.45, 7) is 8.16. The van der Waals surface area contributed by atoms with E-state index >= 15 is 0 Å². The quantitative estimate of drug-likeness (QED) is 0.601. The Labute approximate surface area is 200 Å². The summed E-state index contributed by atoms with van der Waals surface area (Å²) in [6, 6.07) is 14.1. The number of H-pyrrole nitrogens is 1. The van der Waals surface area contributed by atoms with Gasteiger partial charge in [-0.1, -0.05) is 18.2 Å². The highest BCUT2D eigenvalue weighted by molar-refractivity contribution is 5.97. The number of ether oxygens (including phenoxy) is 1. The summed E-state index contributed by atoms with van der Waals surface area (Å²) in [5.74, 6) is 1.32. The number of aromatic amines is 1. The number of nitriles is 1. The van der Waals surface area contributed by atoms with Gasteiger partial charge in [-0.2, -0.15) is 5.26 Å². The van der Waals surface area contributed by atoms with Gasteiger partial charge in [-0.3, -0.25) is 4.79 Å². The summed E-state index contributed by atoms with van der Waals surface area (Å²) in [5, 5.41) is 9.02. The molecule has 2 aromatic carbocycles. The minimum Gasteiger partial charge on any atom is -0.372 e. The zero-order valence-electron chi connectivity index (χ0n) is 20.0. The van der Waals surface area contributed by atoms with Crippen LogP contribution in [0.5, 0.6) is 0 Å². The molecule has 3 aromatic rings. The van der Waals surface area contributed by atoms with Crippen molar-refractivity contribution in [1.82, 2.24) is 14.9 Å². The second-order valence-corrected chi connectivity index (χ2v) is 9.62. The maximum absolute atomic E-state index is 13.5. The Morgan fingerprint density at radius 1 is 1.15 bits per heavy atom. The molecule has 0 bridgehead atoms. The lowest BCUT2D eigenvalue weighted by Crippen LogP contribution is -2.38. The number of carbonyl (C=O) groups is 1. The number of hydrogen-bond acceptors (Lipinski definition) is 4. The van der Waals surface area contributed by atoms with Crippen molar-refractivity contribution < 1.29 is 9.53 Å². The summed E-state index contributed by atoms with van der Waals surface area (Å²) in [7, 11) is 0. The molecule has 34 heavy (non-hydrogen) atoms. The molecule has 1 aromatic heterocycles. The number of carbonyl (C=O) groups excluding carboxylic acids is 1. The first-order valence-corrected chi connectivity index (χ1v) is 12.0. The minimum atomic E-state index is 0.0882. The van der Waals surface area contributed by atoms with Gasteiger partial charge in [-0.15, -0.1) is 0 Å². The zero-order chi connectivity index (χ0) is 23.8. The number of likely N-dealkylation sites (tertiary alicyclic amines) is 1. The number of nitrogens with one attached hydrogen (secondary N) is 1. The fraction of sp³-hybridized carbons (Fsp3) is 0.393. The summed E-state index contributed by atoms with van der Waals surface area (Å²) in [6.07, 6.45) is 2.83. The Bertz CT molecular complexity index is 1260. The van der Waals surface area contributed by atoms with E-state index in [0.717, 1.165) is 71.8 Å². The number of rotatable bonds is 3. The molecule has 1 amide bonds. The van der Waals surface area contributed by atoms with Crippen LogP contribution in [0.4, 0.5) is 0 Å². The Morgan fingerprint density at radius 3 is 2.59 bits per heavy atom. The number of nitrogens with zero attached hydrogens (tertiary/aromatic N) is 3. The number of piperidine rings is 1. The molecule has 0 spiro atoms. The second-order valence-electron chi connectivity index (χ2n) is 9.62. The molecule has 5 rings (SSSR count). The van der Waals surface area contributed by atoms with E-state index in [0.29, 0.717) is 18.1 Å². The summed E-state index contributed by atoms with van der Waals surface area (Å²) < 4.78 is 5.75. The molecule has 0 aliphatic carbocycles. The zero-order valence-corrected chi connectivity index (χ0v) is 20.0. The first-order valence-electron chi connectivity index (χ1n) is 12.0. The van der Waals surface area contributed by atoms with Crippen LogP contribution in [0, 0.1) is 25.2 Å². The van der Waals surface area contributed by atoms with Crippen LogP contribution in [0.1, 0.15) is 69.7 Å². The highest BCUT2D eigenvalue weighted by atomic mass is 16.5. The maximum Gasteiger partial charge on any atom is 0.254 e. The van der Waals surface area contributed by atoms with Crippen LogP contribution in [-0.4, -0.2) is 40.0 Å². The van der Waals surface area contributed by atoms with Gasteiger partial charge in [0, 0.05) is 30.6 Å². The number of fused-ring (bicyclic) bond motifs is 1. The van der Waals surface area contributed by atoms with Crippen molar-refractivity contribution in [2.24, 2.45) is 0 Å². The van der Waals surface area contributed by atoms with Crippen molar-refractivity contribution in [2.75, 3.05) is 13.1 Å². The van der Waals surface area contributed by atoms with Gasteiger partial charge >= 0.3 is 0 Å². The smallest absolute Gasteiger partial charge is 0.254 e.